The Morgan fingerprint density at radius 1 is 0.508 bits per heavy atom. The molecule has 0 amide bonds. The largest absolute Gasteiger partial charge is 0.378 e. The molecule has 0 aliphatic heterocycles. The summed E-state index contributed by atoms with van der Waals surface area (Å²) < 4.78 is 4.05. The molecule has 0 radical (unpaired) electrons. The Bertz CT molecular complexity index is 2160. The van der Waals surface area contributed by atoms with Crippen molar-refractivity contribution in [1.29, 1.82) is 0 Å². The van der Waals surface area contributed by atoms with E-state index in [2.05, 4.69) is 0 Å². The van der Waals surface area contributed by atoms with Crippen molar-refractivity contribution >= 4 is 95.5 Å². The Hall–Kier alpha value is -4.55. The number of pyridine rings is 1. The highest BCUT2D eigenvalue weighted by Gasteiger charge is 2.22. The molecular formula is C39H40N8O8S6. The van der Waals surface area contributed by atoms with Crippen LogP contribution in [0.25, 0.3) is 0 Å². The second-order valence-electron chi connectivity index (χ2n) is 13.0. The van der Waals surface area contributed by atoms with E-state index in [1.54, 1.807) is 72.8 Å². The molecule has 5 rings (SSSR count). The Kier molecular flexibility index (Phi) is 18.8. The van der Waals surface area contributed by atoms with E-state index in [-0.39, 0.29) is 22.7 Å². The van der Waals surface area contributed by atoms with Gasteiger partial charge >= 0.3 is 0 Å². The number of hydrogen-bond donors (Lipinski definition) is 0. The predicted molar refractivity (Wildman–Crippen MR) is 249 cm³/mol. The lowest BCUT2D eigenvalue weighted by molar-refractivity contribution is -0.387. The zero-order valence-electron chi connectivity index (χ0n) is 32.8. The predicted octanol–water partition coefficient (Wildman–Crippen LogP) is 11.5. The number of hydrogen-bond acceptors (Lipinski definition) is 18. The minimum Gasteiger partial charge on any atom is -0.378 e. The Balaban J connectivity index is 1.35. The lowest BCUT2D eigenvalue weighted by atomic mass is 10.2. The van der Waals surface area contributed by atoms with Gasteiger partial charge in [0, 0.05) is 68.6 Å². The van der Waals surface area contributed by atoms with Gasteiger partial charge in [-0.25, -0.2) is 8.61 Å². The zero-order chi connectivity index (χ0) is 43.7. The standard InChI is InChI=1S/C39H40N8O8S6/c1-41(2)31-25-29(27-42(58-36-17-7-3-13-32(36)44(48)49)21-11-23-56-60-38-19-9-5-15-34(38)46(52)53)40-30(26-31)28-43(59-37-18-8-4-14-33(37)45(50)51)22-12-24-57-61-39-20-10-6-16-35(39)47(54)55/h3-10,13-20,25-26H,11-12,21-24,27-28H2,1-2H3. The molecule has 0 bridgehead atoms. The lowest BCUT2D eigenvalue weighted by Crippen LogP contribution is -2.22. The first-order valence-electron chi connectivity index (χ1n) is 18.4. The lowest BCUT2D eigenvalue weighted by Gasteiger charge is -2.24. The molecule has 0 aliphatic rings. The van der Waals surface area contributed by atoms with Crippen LogP contribution in [0.4, 0.5) is 28.4 Å². The van der Waals surface area contributed by atoms with Crippen LogP contribution in [0.2, 0.25) is 0 Å². The Morgan fingerprint density at radius 2 is 0.836 bits per heavy atom. The highest BCUT2D eigenvalue weighted by atomic mass is 33.1. The van der Waals surface area contributed by atoms with E-state index in [9.17, 15) is 40.5 Å². The fraction of sp³-hybridized carbons (Fsp3) is 0.256. The normalized spacial score (nSPS) is 11.2. The Labute approximate surface area is 376 Å². The third kappa shape index (κ3) is 14.8. The molecule has 0 aliphatic carbocycles. The molecule has 4 aromatic carbocycles. The molecule has 1 aromatic heterocycles. The maximum atomic E-state index is 12.0. The van der Waals surface area contributed by atoms with Gasteiger partial charge in [0.25, 0.3) is 22.7 Å². The highest BCUT2D eigenvalue weighted by molar-refractivity contribution is 8.77. The highest BCUT2D eigenvalue weighted by Crippen LogP contribution is 2.40. The SMILES string of the molecule is CN(C)c1cc(CN(CCCSSc2ccccc2[N+](=O)[O-])Sc2ccccc2[N+](=O)[O-])nc(CN(CCCSSc2ccccc2[N+](=O)[O-])Sc2ccccc2[N+](=O)[O-])c1. The molecule has 61 heavy (non-hydrogen) atoms. The van der Waals surface area contributed by atoms with Crippen LogP contribution >= 0.6 is 67.1 Å². The second kappa shape index (κ2) is 24.2. The van der Waals surface area contributed by atoms with E-state index in [1.807, 2.05) is 39.7 Å². The summed E-state index contributed by atoms with van der Waals surface area (Å²) in [6.07, 6.45) is 1.33. The van der Waals surface area contributed by atoms with Crippen LogP contribution < -0.4 is 4.90 Å². The zero-order valence-corrected chi connectivity index (χ0v) is 37.7. The molecule has 0 fully saturated rings. The number of anilines is 1. The van der Waals surface area contributed by atoms with Gasteiger partial charge in [-0.15, -0.1) is 0 Å². The maximum Gasteiger partial charge on any atom is 0.284 e. The minimum absolute atomic E-state index is 0.0178. The number of benzene rings is 4. The summed E-state index contributed by atoms with van der Waals surface area (Å²) in [7, 11) is 9.50. The van der Waals surface area contributed by atoms with Gasteiger partial charge in [0.2, 0.25) is 0 Å². The number of nitrogens with zero attached hydrogens (tertiary/aromatic N) is 8. The van der Waals surface area contributed by atoms with Crippen molar-refractivity contribution in [2.75, 3.05) is 43.6 Å². The molecule has 5 aromatic rings. The summed E-state index contributed by atoms with van der Waals surface area (Å²) in [6.45, 7) is 1.69. The third-order valence-electron chi connectivity index (χ3n) is 8.38. The number of nitro groups is 4. The molecule has 0 atom stereocenters. The summed E-state index contributed by atoms with van der Waals surface area (Å²) in [4.78, 5) is 54.4. The van der Waals surface area contributed by atoms with E-state index in [1.165, 1.54) is 91.3 Å². The molecule has 1 heterocycles. The van der Waals surface area contributed by atoms with Gasteiger partial charge in [-0.2, -0.15) is 0 Å². The summed E-state index contributed by atoms with van der Waals surface area (Å²) >= 11 is 2.54. The van der Waals surface area contributed by atoms with Gasteiger partial charge in [0.15, 0.2) is 0 Å². The molecular weight excluding hydrogens is 901 g/mol. The van der Waals surface area contributed by atoms with Gasteiger partial charge in [-0.05, 0) is 73.1 Å². The van der Waals surface area contributed by atoms with Gasteiger partial charge < -0.3 is 4.90 Å². The van der Waals surface area contributed by atoms with Crippen molar-refractivity contribution < 1.29 is 19.7 Å². The van der Waals surface area contributed by atoms with E-state index >= 15 is 0 Å². The van der Waals surface area contributed by atoms with Crippen molar-refractivity contribution in [2.45, 2.75) is 45.5 Å². The average molecular weight is 941 g/mol. The molecule has 22 heteroatoms. The van der Waals surface area contributed by atoms with Crippen LogP contribution in [0.3, 0.4) is 0 Å². The van der Waals surface area contributed by atoms with Crippen molar-refractivity contribution in [2.24, 2.45) is 0 Å². The number of para-hydroxylation sites is 4. The fourth-order valence-corrected chi connectivity index (χ4v) is 12.1. The third-order valence-corrected chi connectivity index (χ3v) is 15.6. The first kappa shape index (κ1) is 47.5. The number of rotatable bonds is 25. The van der Waals surface area contributed by atoms with Crippen LogP contribution in [0.1, 0.15) is 24.2 Å². The van der Waals surface area contributed by atoms with Crippen LogP contribution in [0.15, 0.2) is 129 Å². The number of aromatic nitrogens is 1. The molecule has 0 unspecified atom stereocenters. The van der Waals surface area contributed by atoms with Crippen molar-refractivity contribution in [3.63, 3.8) is 0 Å². The van der Waals surface area contributed by atoms with Crippen LogP contribution in [-0.4, -0.2) is 72.0 Å². The van der Waals surface area contributed by atoms with Gasteiger partial charge in [0.05, 0.1) is 54.0 Å². The molecule has 0 N–H and O–H groups in total. The quantitative estimate of drug-likeness (QED) is 0.0176. The van der Waals surface area contributed by atoms with Crippen LogP contribution in [0, 0.1) is 40.5 Å². The second-order valence-corrected chi connectivity index (χ2v) is 20.2. The maximum absolute atomic E-state index is 12.0. The Morgan fingerprint density at radius 3 is 1.18 bits per heavy atom. The average Bonchev–Trinajstić information content (AvgIpc) is 3.23. The number of nitro benzene ring substituents is 4. The van der Waals surface area contributed by atoms with E-state index in [0.717, 1.165) is 5.69 Å². The monoisotopic (exact) mass is 940 g/mol. The molecule has 16 nitrogen and oxygen atoms in total. The van der Waals surface area contributed by atoms with Gasteiger partial charge in [0.1, 0.15) is 9.79 Å². The van der Waals surface area contributed by atoms with Gasteiger partial charge in [-0.3, -0.25) is 45.4 Å². The summed E-state index contributed by atoms with van der Waals surface area (Å²) in [5, 5.41) is 47.0. The minimum atomic E-state index is -0.408. The fourth-order valence-electron chi connectivity index (χ4n) is 5.54. The summed E-state index contributed by atoms with van der Waals surface area (Å²) in [5.74, 6) is 1.30. The molecule has 0 saturated heterocycles. The van der Waals surface area contributed by atoms with E-state index < -0.39 is 19.7 Å². The van der Waals surface area contributed by atoms with Crippen LogP contribution in [-0.2, 0) is 13.1 Å². The molecule has 0 saturated carbocycles. The van der Waals surface area contributed by atoms with Crippen LogP contribution in [0.5, 0.6) is 0 Å². The smallest absolute Gasteiger partial charge is 0.284 e. The van der Waals surface area contributed by atoms with E-state index in [0.29, 0.717) is 81.5 Å². The van der Waals surface area contributed by atoms with Crippen molar-refractivity contribution in [3.8, 4) is 0 Å². The summed E-state index contributed by atoms with van der Waals surface area (Å²) in [6, 6.07) is 30.2. The van der Waals surface area contributed by atoms with E-state index in [4.69, 9.17) is 4.98 Å². The van der Waals surface area contributed by atoms with Crippen molar-refractivity contribution in [3.05, 3.63) is 161 Å². The molecule has 0 spiro atoms. The first-order chi connectivity index (χ1) is 29.4. The molecule has 320 valence electrons. The van der Waals surface area contributed by atoms with Gasteiger partial charge in [-0.1, -0.05) is 91.7 Å². The van der Waals surface area contributed by atoms with Crippen molar-refractivity contribution in [1.82, 2.24) is 13.6 Å². The first-order valence-corrected chi connectivity index (χ1v) is 24.6. The summed E-state index contributed by atoms with van der Waals surface area (Å²) in [5.41, 5.74) is 2.35. The topological polar surface area (TPSA) is 195 Å².